The minimum absolute atomic E-state index is 0.0542. The maximum Gasteiger partial charge on any atom is 0.276 e. The quantitative estimate of drug-likeness (QED) is 0.626. The number of nitrogens with one attached hydrogen (secondary N) is 1. The summed E-state index contributed by atoms with van der Waals surface area (Å²) in [7, 11) is 0. The number of rotatable bonds is 6. The molecular formula is C13H16N4O2S. The molecule has 0 aromatic carbocycles. The summed E-state index contributed by atoms with van der Waals surface area (Å²) in [6.07, 6.45) is 1.92. The molecule has 20 heavy (non-hydrogen) atoms. The van der Waals surface area contributed by atoms with Gasteiger partial charge in [0.2, 0.25) is 0 Å². The van der Waals surface area contributed by atoms with Crippen molar-refractivity contribution in [1.29, 1.82) is 0 Å². The Hall–Kier alpha value is -2.15. The van der Waals surface area contributed by atoms with Crippen LogP contribution in [0.5, 0.6) is 0 Å². The largest absolute Gasteiger partial charge is 0.383 e. The van der Waals surface area contributed by atoms with Gasteiger partial charge in [-0.1, -0.05) is 19.4 Å². The summed E-state index contributed by atoms with van der Waals surface area (Å²) in [6, 6.07) is 6.78. The van der Waals surface area contributed by atoms with E-state index in [9.17, 15) is 10.1 Å². The number of nitrogens with zero attached hydrogens (tertiary/aromatic N) is 2. The van der Waals surface area contributed by atoms with E-state index in [2.05, 4.69) is 17.2 Å². The molecule has 0 radical (unpaired) electrons. The molecule has 2 heterocycles. The van der Waals surface area contributed by atoms with Crippen LogP contribution in [0.25, 0.3) is 0 Å². The number of pyridine rings is 1. The van der Waals surface area contributed by atoms with Gasteiger partial charge in [0.15, 0.2) is 0 Å². The molecule has 106 valence electrons. The smallest absolute Gasteiger partial charge is 0.276 e. The molecule has 0 aliphatic heterocycles. The monoisotopic (exact) mass is 292 g/mol. The first-order valence-corrected chi connectivity index (χ1v) is 7.20. The van der Waals surface area contributed by atoms with Gasteiger partial charge in [-0.15, -0.1) is 11.3 Å². The van der Waals surface area contributed by atoms with Gasteiger partial charge in [-0.2, -0.15) is 0 Å². The second kappa shape index (κ2) is 6.33. The van der Waals surface area contributed by atoms with E-state index in [1.807, 2.05) is 17.5 Å². The minimum Gasteiger partial charge on any atom is -0.383 e. The number of thiophene rings is 1. The number of hydrogen-bond acceptors (Lipinski definition) is 6. The lowest BCUT2D eigenvalue weighted by molar-refractivity contribution is -0.384. The van der Waals surface area contributed by atoms with E-state index >= 15 is 0 Å². The fourth-order valence-corrected chi connectivity index (χ4v) is 2.77. The van der Waals surface area contributed by atoms with Crippen molar-refractivity contribution in [2.24, 2.45) is 0 Å². The Labute approximate surface area is 120 Å². The number of anilines is 2. The maximum absolute atomic E-state index is 10.8. The van der Waals surface area contributed by atoms with Crippen molar-refractivity contribution >= 4 is 28.7 Å². The third-order valence-corrected chi connectivity index (χ3v) is 3.81. The zero-order valence-electron chi connectivity index (χ0n) is 11.1. The summed E-state index contributed by atoms with van der Waals surface area (Å²) < 4.78 is 0. The van der Waals surface area contributed by atoms with Crippen molar-refractivity contribution in [3.63, 3.8) is 0 Å². The van der Waals surface area contributed by atoms with Gasteiger partial charge in [-0.05, 0) is 17.9 Å². The third kappa shape index (κ3) is 3.45. The van der Waals surface area contributed by atoms with E-state index in [4.69, 9.17) is 5.73 Å². The summed E-state index contributed by atoms with van der Waals surface area (Å²) in [5, 5.41) is 16.1. The fraction of sp³-hybridized carbons (Fsp3) is 0.308. The zero-order valence-corrected chi connectivity index (χ0v) is 11.9. The second-order valence-corrected chi connectivity index (χ2v) is 5.37. The number of hydrogen-bond donors (Lipinski definition) is 2. The summed E-state index contributed by atoms with van der Waals surface area (Å²) in [4.78, 5) is 15.7. The Morgan fingerprint density at radius 1 is 1.55 bits per heavy atom. The molecule has 0 saturated carbocycles. The lowest BCUT2D eigenvalue weighted by Crippen LogP contribution is -2.11. The number of nitrogen functional groups attached to an aromatic ring is 1. The van der Waals surface area contributed by atoms with Crippen LogP contribution in [0.1, 0.15) is 30.7 Å². The van der Waals surface area contributed by atoms with Crippen LogP contribution >= 0.6 is 11.3 Å². The van der Waals surface area contributed by atoms with Gasteiger partial charge >= 0.3 is 0 Å². The van der Waals surface area contributed by atoms with Gasteiger partial charge in [0.1, 0.15) is 11.6 Å². The van der Waals surface area contributed by atoms with Crippen LogP contribution < -0.4 is 11.1 Å². The highest BCUT2D eigenvalue weighted by molar-refractivity contribution is 7.10. The van der Waals surface area contributed by atoms with Crippen molar-refractivity contribution in [2.45, 2.75) is 25.8 Å². The predicted octanol–water partition coefficient (Wildman–Crippen LogP) is 3.59. The van der Waals surface area contributed by atoms with Gasteiger partial charge < -0.3 is 11.1 Å². The summed E-state index contributed by atoms with van der Waals surface area (Å²) in [6.45, 7) is 2.09. The number of nitro groups is 1. The SMILES string of the molecule is CCCC(Nc1cc([N+](=O)[O-])cc(N)n1)c1cccs1. The molecule has 0 spiro atoms. The van der Waals surface area contributed by atoms with Gasteiger partial charge in [0, 0.05) is 4.88 Å². The third-order valence-electron chi connectivity index (χ3n) is 2.83. The Balaban J connectivity index is 2.24. The van der Waals surface area contributed by atoms with E-state index in [0.29, 0.717) is 5.82 Å². The van der Waals surface area contributed by atoms with Crippen LogP contribution in [0, 0.1) is 10.1 Å². The highest BCUT2D eigenvalue weighted by atomic mass is 32.1. The topological polar surface area (TPSA) is 94.1 Å². The number of aromatic nitrogens is 1. The first-order valence-electron chi connectivity index (χ1n) is 6.32. The van der Waals surface area contributed by atoms with E-state index in [1.165, 1.54) is 17.0 Å². The van der Waals surface area contributed by atoms with E-state index in [0.717, 1.165) is 12.8 Å². The lowest BCUT2D eigenvalue weighted by Gasteiger charge is -2.17. The molecule has 0 aliphatic carbocycles. The lowest BCUT2D eigenvalue weighted by atomic mass is 10.1. The maximum atomic E-state index is 10.8. The van der Waals surface area contributed by atoms with Crippen LogP contribution in [0.2, 0.25) is 0 Å². The van der Waals surface area contributed by atoms with Crippen LogP contribution in [-0.4, -0.2) is 9.91 Å². The van der Waals surface area contributed by atoms with Crippen molar-refractivity contribution in [1.82, 2.24) is 4.98 Å². The fourth-order valence-electron chi connectivity index (χ4n) is 1.96. The molecule has 6 nitrogen and oxygen atoms in total. The average molecular weight is 292 g/mol. The summed E-state index contributed by atoms with van der Waals surface area (Å²) >= 11 is 1.65. The molecule has 3 N–H and O–H groups in total. The van der Waals surface area contributed by atoms with E-state index in [-0.39, 0.29) is 17.5 Å². The van der Waals surface area contributed by atoms with Crippen molar-refractivity contribution in [3.8, 4) is 0 Å². The van der Waals surface area contributed by atoms with Crippen LogP contribution in [0.4, 0.5) is 17.3 Å². The molecule has 0 fully saturated rings. The zero-order chi connectivity index (χ0) is 14.5. The summed E-state index contributed by atoms with van der Waals surface area (Å²) in [5.41, 5.74) is 5.56. The van der Waals surface area contributed by atoms with E-state index in [1.54, 1.807) is 11.3 Å². The summed E-state index contributed by atoms with van der Waals surface area (Å²) in [5.74, 6) is 0.576. The highest BCUT2D eigenvalue weighted by Crippen LogP contribution is 2.28. The molecule has 0 amide bonds. The van der Waals surface area contributed by atoms with Crippen molar-refractivity contribution in [3.05, 3.63) is 44.6 Å². The highest BCUT2D eigenvalue weighted by Gasteiger charge is 2.15. The van der Waals surface area contributed by atoms with Crippen LogP contribution in [-0.2, 0) is 0 Å². The molecule has 2 rings (SSSR count). The van der Waals surface area contributed by atoms with Gasteiger partial charge in [-0.25, -0.2) is 4.98 Å². The number of nitrogens with two attached hydrogens (primary N) is 1. The predicted molar refractivity (Wildman–Crippen MR) is 80.9 cm³/mol. The molecule has 0 bridgehead atoms. The van der Waals surface area contributed by atoms with Crippen molar-refractivity contribution in [2.75, 3.05) is 11.1 Å². The Morgan fingerprint density at radius 2 is 2.35 bits per heavy atom. The standard InChI is InChI=1S/C13H16N4O2S/c1-2-4-10(11-5-3-6-20-11)15-13-8-9(17(18)19)7-12(14)16-13/h3,5-8,10H,2,4H2,1H3,(H3,14,15,16). The average Bonchev–Trinajstić information content (AvgIpc) is 2.91. The first kappa shape index (κ1) is 14.3. The van der Waals surface area contributed by atoms with Gasteiger partial charge in [-0.3, -0.25) is 10.1 Å². The Kier molecular flexibility index (Phi) is 4.52. The molecule has 2 aromatic rings. The molecular weight excluding hydrogens is 276 g/mol. The molecule has 1 atom stereocenters. The first-order chi connectivity index (χ1) is 9.60. The normalized spacial score (nSPS) is 12.1. The minimum atomic E-state index is -0.469. The van der Waals surface area contributed by atoms with Crippen LogP contribution in [0.3, 0.4) is 0 Å². The molecule has 1 unspecified atom stereocenters. The molecule has 7 heteroatoms. The van der Waals surface area contributed by atoms with E-state index < -0.39 is 4.92 Å². The van der Waals surface area contributed by atoms with Gasteiger partial charge in [0.25, 0.3) is 5.69 Å². The van der Waals surface area contributed by atoms with Gasteiger partial charge in [0.05, 0.1) is 23.1 Å². The van der Waals surface area contributed by atoms with Crippen LogP contribution in [0.15, 0.2) is 29.6 Å². The Bertz CT molecular complexity index is 586. The molecule has 0 saturated heterocycles. The molecule has 2 aromatic heterocycles. The second-order valence-electron chi connectivity index (χ2n) is 4.39. The molecule has 0 aliphatic rings. The van der Waals surface area contributed by atoms with Crippen molar-refractivity contribution < 1.29 is 4.92 Å². The Morgan fingerprint density at radius 3 is 2.95 bits per heavy atom.